The Labute approximate surface area is 104 Å². The van der Waals surface area contributed by atoms with Gasteiger partial charge in [-0.25, -0.2) is 0 Å². The van der Waals surface area contributed by atoms with Crippen molar-refractivity contribution in [3.63, 3.8) is 0 Å². The van der Waals surface area contributed by atoms with Crippen LogP contribution in [-0.4, -0.2) is 19.5 Å². The highest BCUT2D eigenvalue weighted by Gasteiger charge is 2.12. The van der Waals surface area contributed by atoms with Crippen LogP contribution >= 0.6 is 15.9 Å². The molecule has 0 amide bonds. The van der Waals surface area contributed by atoms with Crippen LogP contribution in [0.4, 0.5) is 0 Å². The Kier molecular flexibility index (Phi) is 4.80. The molecule has 0 bridgehead atoms. The Morgan fingerprint density at radius 2 is 2.12 bits per heavy atom. The normalized spacial score (nSPS) is 10.3. The molecule has 1 aromatic rings. The van der Waals surface area contributed by atoms with Crippen molar-refractivity contribution in [1.29, 1.82) is 0 Å². The van der Waals surface area contributed by atoms with Gasteiger partial charge < -0.3 is 9.47 Å². The number of ether oxygens (including phenoxy) is 2. The van der Waals surface area contributed by atoms with Gasteiger partial charge in [-0.3, -0.25) is 4.79 Å². The van der Waals surface area contributed by atoms with Gasteiger partial charge in [-0.1, -0.05) is 19.9 Å². The minimum absolute atomic E-state index is 0.0199. The van der Waals surface area contributed by atoms with Gasteiger partial charge in [0.25, 0.3) is 0 Å². The number of hydrogen-bond donors (Lipinski definition) is 0. The monoisotopic (exact) mass is 286 g/mol. The van der Waals surface area contributed by atoms with E-state index in [0.29, 0.717) is 11.5 Å². The molecular formula is C12H15BrO3. The predicted molar refractivity (Wildman–Crippen MR) is 66.0 cm³/mol. The first-order valence-corrected chi connectivity index (χ1v) is 5.83. The lowest BCUT2D eigenvalue weighted by Crippen LogP contribution is -2.17. The van der Waals surface area contributed by atoms with Crippen molar-refractivity contribution in [2.24, 2.45) is 5.92 Å². The van der Waals surface area contributed by atoms with E-state index < -0.39 is 0 Å². The second-order valence-electron chi connectivity index (χ2n) is 3.68. The van der Waals surface area contributed by atoms with E-state index in [2.05, 4.69) is 15.9 Å². The van der Waals surface area contributed by atoms with Crippen LogP contribution in [0.3, 0.4) is 0 Å². The third-order valence-electron chi connectivity index (χ3n) is 2.15. The van der Waals surface area contributed by atoms with Crippen LogP contribution in [0.2, 0.25) is 0 Å². The van der Waals surface area contributed by atoms with Crippen molar-refractivity contribution in [2.45, 2.75) is 13.8 Å². The number of benzene rings is 1. The lowest BCUT2D eigenvalue weighted by Gasteiger charge is -2.12. The van der Waals surface area contributed by atoms with Gasteiger partial charge in [-0.05, 0) is 28.1 Å². The van der Waals surface area contributed by atoms with Crippen LogP contribution < -0.4 is 9.47 Å². The quantitative estimate of drug-likeness (QED) is 0.835. The molecule has 0 unspecified atom stereocenters. The molecule has 88 valence electrons. The second-order valence-corrected chi connectivity index (χ2v) is 4.54. The number of methoxy groups -OCH3 is 1. The van der Waals surface area contributed by atoms with E-state index in [4.69, 9.17) is 9.47 Å². The topological polar surface area (TPSA) is 35.5 Å². The van der Waals surface area contributed by atoms with E-state index in [1.165, 1.54) is 0 Å². The van der Waals surface area contributed by atoms with Crippen LogP contribution in [-0.2, 0) is 4.79 Å². The lowest BCUT2D eigenvalue weighted by molar-refractivity contribution is -0.123. The highest BCUT2D eigenvalue weighted by Crippen LogP contribution is 2.34. The summed E-state index contributed by atoms with van der Waals surface area (Å²) in [6.45, 7) is 3.77. The maximum Gasteiger partial charge on any atom is 0.175 e. The molecule has 0 radical (unpaired) electrons. The summed E-state index contributed by atoms with van der Waals surface area (Å²) in [4.78, 5) is 11.4. The summed E-state index contributed by atoms with van der Waals surface area (Å²) in [5.41, 5.74) is 0. The predicted octanol–water partition coefficient (Wildman–Crippen LogP) is 3.06. The molecule has 0 fully saturated rings. The Balaban J connectivity index is 2.76. The molecule has 1 aromatic carbocycles. The fraction of sp³-hybridized carbons (Fsp3) is 0.417. The van der Waals surface area contributed by atoms with E-state index in [1.54, 1.807) is 13.2 Å². The molecule has 0 saturated heterocycles. The van der Waals surface area contributed by atoms with Gasteiger partial charge in [0.2, 0.25) is 0 Å². The second kappa shape index (κ2) is 5.89. The Morgan fingerprint density at radius 1 is 1.44 bits per heavy atom. The molecule has 4 heteroatoms. The number of Topliss-reactive ketones (excluding diaryl/α,β-unsaturated/α-hetero) is 1. The zero-order valence-electron chi connectivity index (χ0n) is 9.62. The summed E-state index contributed by atoms with van der Waals surface area (Å²) < 4.78 is 11.4. The first-order chi connectivity index (χ1) is 7.56. The van der Waals surface area contributed by atoms with Gasteiger partial charge in [0.15, 0.2) is 17.3 Å². The highest BCUT2D eigenvalue weighted by atomic mass is 79.9. The summed E-state index contributed by atoms with van der Waals surface area (Å²) >= 11 is 3.36. The van der Waals surface area contributed by atoms with E-state index in [-0.39, 0.29) is 18.3 Å². The largest absolute Gasteiger partial charge is 0.493 e. The maximum atomic E-state index is 11.4. The van der Waals surface area contributed by atoms with Crippen molar-refractivity contribution >= 4 is 21.7 Å². The van der Waals surface area contributed by atoms with E-state index >= 15 is 0 Å². The molecular weight excluding hydrogens is 272 g/mol. The lowest BCUT2D eigenvalue weighted by atomic mass is 10.1. The SMILES string of the molecule is COc1cccc(Br)c1OCC(=O)C(C)C. The van der Waals surface area contributed by atoms with Crippen LogP contribution in [0.1, 0.15) is 13.8 Å². The van der Waals surface area contributed by atoms with Gasteiger partial charge in [-0.15, -0.1) is 0 Å². The molecule has 0 N–H and O–H groups in total. The summed E-state index contributed by atoms with van der Waals surface area (Å²) in [5, 5.41) is 0. The molecule has 0 aromatic heterocycles. The summed E-state index contributed by atoms with van der Waals surface area (Å²) in [6.07, 6.45) is 0. The third-order valence-corrected chi connectivity index (χ3v) is 2.78. The number of halogens is 1. The minimum Gasteiger partial charge on any atom is -0.493 e. The zero-order chi connectivity index (χ0) is 12.1. The van der Waals surface area contributed by atoms with Crippen LogP contribution in [0.5, 0.6) is 11.5 Å². The number of para-hydroxylation sites is 1. The van der Waals surface area contributed by atoms with Gasteiger partial charge in [0.05, 0.1) is 11.6 Å². The molecule has 3 nitrogen and oxygen atoms in total. The first kappa shape index (κ1) is 13.0. The Bertz CT molecular complexity index is 375. The van der Waals surface area contributed by atoms with Crippen molar-refractivity contribution in [2.75, 3.05) is 13.7 Å². The number of hydrogen-bond acceptors (Lipinski definition) is 3. The number of ketones is 1. The molecule has 0 spiro atoms. The highest BCUT2D eigenvalue weighted by molar-refractivity contribution is 9.10. The first-order valence-electron chi connectivity index (χ1n) is 5.04. The smallest absolute Gasteiger partial charge is 0.175 e. The molecule has 0 heterocycles. The summed E-state index contributed by atoms with van der Waals surface area (Å²) in [5.74, 6) is 1.23. The van der Waals surface area contributed by atoms with Gasteiger partial charge in [0.1, 0.15) is 6.61 Å². The zero-order valence-corrected chi connectivity index (χ0v) is 11.2. The number of rotatable bonds is 5. The molecule has 1 rings (SSSR count). The standard InChI is InChI=1S/C12H15BrO3/c1-8(2)10(14)7-16-12-9(13)5-4-6-11(12)15-3/h4-6,8H,7H2,1-3H3. The van der Waals surface area contributed by atoms with Gasteiger partial charge >= 0.3 is 0 Å². The molecule has 0 aliphatic heterocycles. The number of carbonyl (C=O) groups is 1. The van der Waals surface area contributed by atoms with Crippen LogP contribution in [0.15, 0.2) is 22.7 Å². The molecule has 0 atom stereocenters. The molecule has 0 saturated carbocycles. The summed E-state index contributed by atoms with van der Waals surface area (Å²) in [7, 11) is 1.57. The van der Waals surface area contributed by atoms with Gasteiger partial charge in [0, 0.05) is 5.92 Å². The van der Waals surface area contributed by atoms with Crippen molar-refractivity contribution < 1.29 is 14.3 Å². The van der Waals surface area contributed by atoms with Crippen LogP contribution in [0, 0.1) is 5.92 Å². The minimum atomic E-state index is -0.0199. The fourth-order valence-corrected chi connectivity index (χ4v) is 1.56. The van der Waals surface area contributed by atoms with E-state index in [9.17, 15) is 4.79 Å². The van der Waals surface area contributed by atoms with E-state index in [1.807, 2.05) is 26.0 Å². The van der Waals surface area contributed by atoms with E-state index in [0.717, 1.165) is 4.47 Å². The van der Waals surface area contributed by atoms with Crippen LogP contribution in [0.25, 0.3) is 0 Å². The molecule has 0 aliphatic carbocycles. The van der Waals surface area contributed by atoms with Crippen molar-refractivity contribution in [3.8, 4) is 11.5 Å². The Morgan fingerprint density at radius 3 is 2.69 bits per heavy atom. The molecule has 0 aliphatic rings. The van der Waals surface area contributed by atoms with Gasteiger partial charge in [-0.2, -0.15) is 0 Å². The number of carbonyl (C=O) groups excluding carboxylic acids is 1. The maximum absolute atomic E-state index is 11.4. The molecule has 16 heavy (non-hydrogen) atoms. The summed E-state index contributed by atoms with van der Waals surface area (Å²) in [6, 6.07) is 5.48. The fourth-order valence-electron chi connectivity index (χ4n) is 1.10. The van der Waals surface area contributed by atoms with Crippen molar-refractivity contribution in [3.05, 3.63) is 22.7 Å². The average molecular weight is 287 g/mol. The third kappa shape index (κ3) is 3.23. The van der Waals surface area contributed by atoms with Crippen molar-refractivity contribution in [1.82, 2.24) is 0 Å². The average Bonchev–Trinajstić information content (AvgIpc) is 2.26. The Hall–Kier alpha value is -1.03.